The highest BCUT2D eigenvalue weighted by Gasteiger charge is 2.47. The molecule has 0 N–H and O–H groups in total. The number of hydrogen-bond donors (Lipinski definition) is 0. The Bertz CT molecular complexity index is 795. The van der Waals surface area contributed by atoms with Crippen molar-refractivity contribution in [2.75, 3.05) is 0 Å². The summed E-state index contributed by atoms with van der Waals surface area (Å²) < 4.78 is 6.19. The number of carbonyl (C=O) groups excluding carboxylic acids is 1. The Hall–Kier alpha value is -2.09. The Balaban J connectivity index is 1.81. The SMILES string of the molecule is O=C1CCCC2=C1[C@@H]1c3cccc4cccc(c34)[C@@H]1O2. The minimum atomic E-state index is 0.0307. The van der Waals surface area contributed by atoms with E-state index in [4.69, 9.17) is 4.74 Å². The lowest BCUT2D eigenvalue weighted by atomic mass is 9.84. The van der Waals surface area contributed by atoms with Gasteiger partial charge in [-0.25, -0.2) is 0 Å². The first kappa shape index (κ1) is 10.7. The van der Waals surface area contributed by atoms with E-state index in [-0.39, 0.29) is 12.0 Å². The highest BCUT2D eigenvalue weighted by atomic mass is 16.5. The number of carbonyl (C=O) groups is 1. The van der Waals surface area contributed by atoms with Gasteiger partial charge in [-0.3, -0.25) is 4.79 Å². The molecule has 5 rings (SSSR count). The third kappa shape index (κ3) is 1.13. The Morgan fingerprint density at radius 1 is 1.00 bits per heavy atom. The molecule has 2 heteroatoms. The van der Waals surface area contributed by atoms with Crippen LogP contribution in [0.3, 0.4) is 0 Å². The number of fused-ring (bicyclic) bond motifs is 4. The first-order chi connectivity index (χ1) is 9.84. The van der Waals surface area contributed by atoms with E-state index in [1.165, 1.54) is 21.9 Å². The van der Waals surface area contributed by atoms with Gasteiger partial charge in [0.25, 0.3) is 0 Å². The molecule has 2 aromatic rings. The maximum Gasteiger partial charge on any atom is 0.163 e. The summed E-state index contributed by atoms with van der Waals surface area (Å²) in [7, 11) is 0. The largest absolute Gasteiger partial charge is 0.489 e. The van der Waals surface area contributed by atoms with Crippen LogP contribution in [0.25, 0.3) is 10.8 Å². The molecule has 0 fully saturated rings. The Labute approximate surface area is 117 Å². The van der Waals surface area contributed by atoms with E-state index in [0.717, 1.165) is 24.2 Å². The number of hydrogen-bond acceptors (Lipinski definition) is 2. The molecule has 0 saturated carbocycles. The molecule has 0 radical (unpaired) electrons. The van der Waals surface area contributed by atoms with E-state index in [2.05, 4.69) is 36.4 Å². The highest BCUT2D eigenvalue weighted by Crippen LogP contribution is 2.57. The average molecular weight is 262 g/mol. The summed E-state index contributed by atoms with van der Waals surface area (Å²) in [5, 5.41) is 2.55. The summed E-state index contributed by atoms with van der Waals surface area (Å²) in [5.74, 6) is 1.39. The smallest absolute Gasteiger partial charge is 0.163 e. The lowest BCUT2D eigenvalue weighted by Crippen LogP contribution is -2.13. The van der Waals surface area contributed by atoms with Crippen molar-refractivity contribution in [2.24, 2.45) is 0 Å². The maximum absolute atomic E-state index is 12.4. The molecular formula is C18H14O2. The summed E-state index contributed by atoms with van der Waals surface area (Å²) >= 11 is 0. The number of ether oxygens (including phenoxy) is 1. The van der Waals surface area contributed by atoms with Gasteiger partial charge in [0.2, 0.25) is 0 Å². The summed E-state index contributed by atoms with van der Waals surface area (Å²) in [4.78, 5) is 12.4. The van der Waals surface area contributed by atoms with Gasteiger partial charge in [0.05, 0.1) is 5.92 Å². The Morgan fingerprint density at radius 2 is 1.80 bits per heavy atom. The van der Waals surface area contributed by atoms with Crippen LogP contribution in [0.5, 0.6) is 0 Å². The second kappa shape index (κ2) is 3.51. The molecular weight excluding hydrogens is 248 g/mol. The molecule has 0 amide bonds. The third-order valence-electron chi connectivity index (χ3n) is 4.90. The maximum atomic E-state index is 12.4. The predicted molar refractivity (Wildman–Crippen MR) is 76.4 cm³/mol. The zero-order chi connectivity index (χ0) is 13.3. The summed E-state index contributed by atoms with van der Waals surface area (Å²) in [5.41, 5.74) is 3.50. The van der Waals surface area contributed by atoms with Gasteiger partial charge in [0.15, 0.2) is 5.78 Å². The van der Waals surface area contributed by atoms with Crippen LogP contribution < -0.4 is 0 Å². The molecule has 2 aliphatic carbocycles. The molecule has 0 saturated heterocycles. The summed E-state index contributed by atoms with van der Waals surface area (Å²) in [6.07, 6.45) is 2.57. The zero-order valence-corrected chi connectivity index (χ0v) is 11.1. The van der Waals surface area contributed by atoms with E-state index in [9.17, 15) is 4.79 Å². The van der Waals surface area contributed by atoms with E-state index >= 15 is 0 Å². The molecule has 2 aromatic carbocycles. The standard InChI is InChI=1S/C18H14O2/c19-13-8-3-9-14-17(13)16-11-6-1-4-10-5-2-7-12(15(10)11)18(16)20-14/h1-2,4-7,16,18H,3,8-9H2/t16-,18-/m0/s1. The fourth-order valence-electron chi connectivity index (χ4n) is 4.13. The van der Waals surface area contributed by atoms with Crippen LogP contribution in [0.2, 0.25) is 0 Å². The zero-order valence-electron chi connectivity index (χ0n) is 11.1. The number of rotatable bonds is 0. The van der Waals surface area contributed by atoms with Crippen molar-refractivity contribution in [3.8, 4) is 0 Å². The van der Waals surface area contributed by atoms with Crippen LogP contribution >= 0.6 is 0 Å². The van der Waals surface area contributed by atoms with Crippen molar-refractivity contribution in [3.63, 3.8) is 0 Å². The highest BCUT2D eigenvalue weighted by molar-refractivity contribution is 6.02. The van der Waals surface area contributed by atoms with Gasteiger partial charge in [-0.2, -0.15) is 0 Å². The van der Waals surface area contributed by atoms with Crippen molar-refractivity contribution in [1.82, 2.24) is 0 Å². The predicted octanol–water partition coefficient (Wildman–Crippen LogP) is 4.02. The van der Waals surface area contributed by atoms with Gasteiger partial charge < -0.3 is 4.74 Å². The van der Waals surface area contributed by atoms with Crippen molar-refractivity contribution < 1.29 is 9.53 Å². The molecule has 1 heterocycles. The van der Waals surface area contributed by atoms with Gasteiger partial charge >= 0.3 is 0 Å². The van der Waals surface area contributed by atoms with E-state index in [1.807, 2.05) is 0 Å². The molecule has 2 atom stereocenters. The molecule has 0 bridgehead atoms. The van der Waals surface area contributed by atoms with Crippen LogP contribution in [-0.2, 0) is 9.53 Å². The van der Waals surface area contributed by atoms with Gasteiger partial charge in [0.1, 0.15) is 11.9 Å². The Kier molecular flexibility index (Phi) is 1.87. The normalized spacial score (nSPS) is 26.7. The van der Waals surface area contributed by atoms with E-state index in [0.29, 0.717) is 12.2 Å². The van der Waals surface area contributed by atoms with Crippen LogP contribution in [0.4, 0.5) is 0 Å². The van der Waals surface area contributed by atoms with Crippen LogP contribution in [0, 0.1) is 0 Å². The lowest BCUT2D eigenvalue weighted by Gasteiger charge is -2.15. The quantitative estimate of drug-likeness (QED) is 0.717. The van der Waals surface area contributed by atoms with Crippen LogP contribution in [0.1, 0.15) is 42.4 Å². The average Bonchev–Trinajstić information content (AvgIpc) is 2.99. The first-order valence-corrected chi connectivity index (χ1v) is 7.29. The second-order valence-electron chi connectivity index (χ2n) is 5.92. The van der Waals surface area contributed by atoms with Crippen molar-refractivity contribution >= 4 is 16.6 Å². The molecule has 1 aliphatic heterocycles. The van der Waals surface area contributed by atoms with Gasteiger partial charge in [-0.05, 0) is 22.8 Å². The van der Waals surface area contributed by atoms with Crippen molar-refractivity contribution in [1.29, 1.82) is 0 Å². The number of Topliss-reactive ketones (excluding diaryl/α,β-unsaturated/α-hetero) is 1. The number of ketones is 1. The first-order valence-electron chi connectivity index (χ1n) is 7.29. The van der Waals surface area contributed by atoms with Gasteiger partial charge in [-0.1, -0.05) is 36.4 Å². The van der Waals surface area contributed by atoms with E-state index < -0.39 is 0 Å². The van der Waals surface area contributed by atoms with Gasteiger partial charge in [0, 0.05) is 24.0 Å². The summed E-state index contributed by atoms with van der Waals surface area (Å²) in [6, 6.07) is 12.8. The van der Waals surface area contributed by atoms with Crippen LogP contribution in [0.15, 0.2) is 47.7 Å². The van der Waals surface area contributed by atoms with Crippen LogP contribution in [-0.4, -0.2) is 5.78 Å². The fraction of sp³-hybridized carbons (Fsp3) is 0.278. The molecule has 0 aromatic heterocycles. The second-order valence-corrected chi connectivity index (χ2v) is 5.92. The monoisotopic (exact) mass is 262 g/mol. The number of benzene rings is 2. The molecule has 2 nitrogen and oxygen atoms in total. The number of allylic oxidation sites excluding steroid dienone is 1. The summed E-state index contributed by atoms with van der Waals surface area (Å²) in [6.45, 7) is 0. The molecule has 0 spiro atoms. The topological polar surface area (TPSA) is 26.3 Å². The molecule has 20 heavy (non-hydrogen) atoms. The Morgan fingerprint density at radius 3 is 2.65 bits per heavy atom. The molecule has 98 valence electrons. The lowest BCUT2D eigenvalue weighted by molar-refractivity contribution is -0.116. The minimum absolute atomic E-state index is 0.0307. The molecule has 0 unspecified atom stereocenters. The fourth-order valence-corrected chi connectivity index (χ4v) is 4.13. The molecule has 3 aliphatic rings. The third-order valence-corrected chi connectivity index (χ3v) is 4.90. The minimum Gasteiger partial charge on any atom is -0.489 e. The van der Waals surface area contributed by atoms with Crippen molar-refractivity contribution in [2.45, 2.75) is 31.3 Å². The van der Waals surface area contributed by atoms with E-state index in [1.54, 1.807) is 0 Å². The van der Waals surface area contributed by atoms with Crippen molar-refractivity contribution in [3.05, 3.63) is 58.9 Å². The van der Waals surface area contributed by atoms with Gasteiger partial charge in [-0.15, -0.1) is 0 Å².